The van der Waals surface area contributed by atoms with E-state index >= 15 is 0 Å². The van der Waals surface area contributed by atoms with Crippen molar-refractivity contribution in [3.8, 4) is 0 Å². The van der Waals surface area contributed by atoms with Gasteiger partial charge in [-0.2, -0.15) is 0 Å². The number of thioether (sulfide) groups is 2. The number of nitrogens with zero attached hydrogens (tertiary/aromatic N) is 2. The van der Waals surface area contributed by atoms with E-state index in [4.69, 9.17) is 9.84 Å². The van der Waals surface area contributed by atoms with Crippen molar-refractivity contribution in [1.82, 2.24) is 9.97 Å². The normalized spacial score (nSPS) is 10.6. The summed E-state index contributed by atoms with van der Waals surface area (Å²) in [7, 11) is 0. The van der Waals surface area contributed by atoms with Crippen LogP contribution in [-0.2, 0) is 4.74 Å². The number of carbonyl (C=O) groups is 2. The van der Waals surface area contributed by atoms with Crippen molar-refractivity contribution >= 4 is 57.3 Å². The molecule has 0 fully saturated rings. The van der Waals surface area contributed by atoms with Crippen LogP contribution in [0.3, 0.4) is 0 Å². The second-order valence-corrected chi connectivity index (χ2v) is 9.56. The molecule has 0 bridgehead atoms. The van der Waals surface area contributed by atoms with Crippen molar-refractivity contribution in [2.24, 2.45) is 0 Å². The fourth-order valence-electron chi connectivity index (χ4n) is 3.22. The largest absolute Gasteiger partial charge is 0.476 e. The van der Waals surface area contributed by atoms with Gasteiger partial charge in [0.1, 0.15) is 0 Å². The van der Waals surface area contributed by atoms with Gasteiger partial charge in [0.2, 0.25) is 0 Å². The topological polar surface area (TPSA) is 89.4 Å². The third kappa shape index (κ3) is 6.27. The summed E-state index contributed by atoms with van der Waals surface area (Å²) in [5.41, 5.74) is 2.11. The summed E-state index contributed by atoms with van der Waals surface area (Å²) in [6.45, 7) is 6.20. The molecule has 0 aliphatic carbocycles. The maximum atomic E-state index is 11.9. The fraction of sp³-hybridized carbons (Fsp3) is 0.231. The Hall–Kier alpha value is -3.10. The van der Waals surface area contributed by atoms with Gasteiger partial charge in [-0.15, -0.1) is 23.5 Å². The maximum absolute atomic E-state index is 11.9. The molecule has 2 aromatic carbocycles. The highest BCUT2D eigenvalue weighted by molar-refractivity contribution is 7.99. The van der Waals surface area contributed by atoms with Crippen LogP contribution >= 0.6 is 23.5 Å². The average molecular weight is 495 g/mol. The van der Waals surface area contributed by atoms with Crippen LogP contribution in [0.25, 0.3) is 21.8 Å². The van der Waals surface area contributed by atoms with Crippen LogP contribution in [0.1, 0.15) is 41.7 Å². The van der Waals surface area contributed by atoms with Gasteiger partial charge in [0, 0.05) is 20.6 Å². The first kappa shape index (κ1) is 25.5. The van der Waals surface area contributed by atoms with Crippen molar-refractivity contribution in [3.05, 3.63) is 72.1 Å². The lowest BCUT2D eigenvalue weighted by Gasteiger charge is -2.08. The molecule has 0 saturated heterocycles. The molecule has 2 heterocycles. The first-order valence-corrected chi connectivity index (χ1v) is 12.9. The second kappa shape index (κ2) is 12.4. The molecule has 0 saturated carbocycles. The summed E-state index contributed by atoms with van der Waals surface area (Å²) in [4.78, 5) is 33.2. The van der Waals surface area contributed by atoms with Crippen molar-refractivity contribution in [3.63, 3.8) is 0 Å². The number of para-hydroxylation sites is 2. The summed E-state index contributed by atoms with van der Waals surface area (Å²) >= 11 is 3.11. The van der Waals surface area contributed by atoms with E-state index in [1.54, 1.807) is 18.7 Å². The zero-order chi connectivity index (χ0) is 24.5. The number of rotatable bonds is 7. The summed E-state index contributed by atoms with van der Waals surface area (Å²) in [6.07, 6.45) is 0. The molecule has 4 aromatic rings. The number of aromatic carboxylic acids is 1. The number of esters is 1. The Morgan fingerprint density at radius 3 is 1.74 bits per heavy atom. The Labute approximate surface area is 207 Å². The Bertz CT molecular complexity index is 1310. The van der Waals surface area contributed by atoms with Crippen molar-refractivity contribution in [1.29, 1.82) is 0 Å². The zero-order valence-corrected chi connectivity index (χ0v) is 20.9. The smallest absolute Gasteiger partial charge is 0.358 e. The highest BCUT2D eigenvalue weighted by Gasteiger charge is 2.16. The molecule has 0 aliphatic rings. The summed E-state index contributed by atoms with van der Waals surface area (Å²) in [5.74, 6) is 0.410. The number of carboxylic acids is 1. The van der Waals surface area contributed by atoms with Crippen LogP contribution in [-0.4, -0.2) is 45.1 Å². The van der Waals surface area contributed by atoms with Gasteiger partial charge in [-0.3, -0.25) is 0 Å². The number of benzene rings is 2. The standard InChI is InChI=1S/C14H15NO2S.C12H11NO2S/c1-3-17-14(16)13-12(18-4-2)9-10-7-5-6-8-11(10)15-13;1-2-16-10-7-8-5-3-4-6-9(8)13-11(10)12(14)15/h5-9H,3-4H2,1-2H3;3-7H,2H2,1H3,(H,14,15). The number of ether oxygens (including phenoxy) is 1. The molecular weight excluding hydrogens is 468 g/mol. The Balaban J connectivity index is 0.000000192. The van der Waals surface area contributed by atoms with Gasteiger partial charge in [0.25, 0.3) is 0 Å². The molecule has 0 unspecified atom stereocenters. The van der Waals surface area contributed by atoms with Crippen molar-refractivity contribution in [2.45, 2.75) is 30.6 Å². The molecule has 176 valence electrons. The Morgan fingerprint density at radius 1 is 0.794 bits per heavy atom. The van der Waals surface area contributed by atoms with E-state index in [-0.39, 0.29) is 11.7 Å². The predicted octanol–water partition coefficient (Wildman–Crippen LogP) is 6.57. The van der Waals surface area contributed by atoms with Gasteiger partial charge in [0.05, 0.1) is 17.6 Å². The first-order valence-electron chi connectivity index (χ1n) is 10.9. The first-order chi connectivity index (χ1) is 16.5. The van der Waals surface area contributed by atoms with Gasteiger partial charge in [0.15, 0.2) is 11.4 Å². The third-order valence-corrected chi connectivity index (χ3v) is 6.47. The fourth-order valence-corrected chi connectivity index (χ4v) is 4.80. The van der Waals surface area contributed by atoms with Crippen LogP contribution in [0.15, 0.2) is 70.5 Å². The predicted molar refractivity (Wildman–Crippen MR) is 139 cm³/mol. The lowest BCUT2D eigenvalue weighted by atomic mass is 10.2. The number of pyridine rings is 2. The molecule has 0 atom stereocenters. The molecular formula is C26H26N2O4S2. The summed E-state index contributed by atoms with van der Waals surface area (Å²) in [5, 5.41) is 11.1. The molecule has 8 heteroatoms. The van der Waals surface area contributed by atoms with Gasteiger partial charge >= 0.3 is 11.9 Å². The molecule has 34 heavy (non-hydrogen) atoms. The number of carbonyl (C=O) groups excluding carboxylic acids is 1. The monoisotopic (exact) mass is 494 g/mol. The van der Waals surface area contributed by atoms with Gasteiger partial charge in [-0.25, -0.2) is 19.6 Å². The minimum atomic E-state index is -0.971. The molecule has 2 aromatic heterocycles. The lowest BCUT2D eigenvalue weighted by molar-refractivity contribution is 0.0515. The van der Waals surface area contributed by atoms with E-state index in [0.29, 0.717) is 12.3 Å². The van der Waals surface area contributed by atoms with Crippen LogP contribution < -0.4 is 0 Å². The SMILES string of the molecule is CCOC(=O)c1nc2ccccc2cc1SCC.CCSc1cc2ccccc2nc1C(=O)O. The van der Waals surface area contributed by atoms with Crippen LogP contribution in [0.5, 0.6) is 0 Å². The van der Waals surface area contributed by atoms with E-state index in [0.717, 1.165) is 43.1 Å². The van der Waals surface area contributed by atoms with Crippen LogP contribution in [0, 0.1) is 0 Å². The van der Waals surface area contributed by atoms with E-state index in [9.17, 15) is 9.59 Å². The van der Waals surface area contributed by atoms with Gasteiger partial charge in [-0.1, -0.05) is 50.2 Å². The highest BCUT2D eigenvalue weighted by Crippen LogP contribution is 2.27. The van der Waals surface area contributed by atoms with Gasteiger partial charge in [-0.05, 0) is 42.7 Å². The van der Waals surface area contributed by atoms with Crippen LogP contribution in [0.4, 0.5) is 0 Å². The number of hydrogen-bond donors (Lipinski definition) is 1. The van der Waals surface area contributed by atoms with Crippen molar-refractivity contribution < 1.29 is 19.4 Å². The minimum absolute atomic E-state index is 0.144. The van der Waals surface area contributed by atoms with Crippen LogP contribution in [0.2, 0.25) is 0 Å². The summed E-state index contributed by atoms with van der Waals surface area (Å²) < 4.78 is 5.05. The molecule has 0 aliphatic heterocycles. The third-order valence-electron chi connectivity index (χ3n) is 4.65. The molecule has 1 N–H and O–H groups in total. The molecule has 4 rings (SSSR count). The Morgan fingerprint density at radius 2 is 1.26 bits per heavy atom. The minimum Gasteiger partial charge on any atom is -0.476 e. The van der Waals surface area contributed by atoms with Gasteiger partial charge < -0.3 is 9.84 Å². The van der Waals surface area contributed by atoms with E-state index in [1.165, 1.54) is 11.8 Å². The molecule has 0 spiro atoms. The van der Waals surface area contributed by atoms with E-state index in [2.05, 4.69) is 16.9 Å². The zero-order valence-electron chi connectivity index (χ0n) is 19.3. The second-order valence-electron chi connectivity index (χ2n) is 6.95. The maximum Gasteiger partial charge on any atom is 0.358 e. The number of hydrogen-bond acceptors (Lipinski definition) is 7. The number of carboxylic acid groups (broad SMARTS) is 1. The van der Waals surface area contributed by atoms with Crippen molar-refractivity contribution in [2.75, 3.05) is 18.1 Å². The molecule has 0 amide bonds. The molecule has 0 radical (unpaired) electrons. The Kier molecular flexibility index (Phi) is 9.30. The highest BCUT2D eigenvalue weighted by atomic mass is 32.2. The summed E-state index contributed by atoms with van der Waals surface area (Å²) in [6, 6.07) is 19.2. The average Bonchev–Trinajstić information content (AvgIpc) is 2.84. The lowest BCUT2D eigenvalue weighted by Crippen LogP contribution is -2.09. The van der Waals surface area contributed by atoms with E-state index in [1.807, 2.05) is 67.6 Å². The number of aromatic nitrogens is 2. The number of fused-ring (bicyclic) bond motifs is 2. The van der Waals surface area contributed by atoms with E-state index < -0.39 is 5.97 Å². The molecule has 6 nitrogen and oxygen atoms in total. The quantitative estimate of drug-likeness (QED) is 0.228.